The van der Waals surface area contributed by atoms with Crippen molar-refractivity contribution < 1.29 is 0 Å². The SMILES string of the molecule is Cc1ccc(CCC(Cc2c(Br)c(C)nn2C)NN)cc1. The topological polar surface area (TPSA) is 55.9 Å². The summed E-state index contributed by atoms with van der Waals surface area (Å²) in [6.07, 6.45) is 2.88. The van der Waals surface area contributed by atoms with E-state index in [1.807, 2.05) is 18.7 Å². The predicted molar refractivity (Wildman–Crippen MR) is 90.0 cm³/mol. The van der Waals surface area contributed by atoms with Crippen LogP contribution in [0.3, 0.4) is 0 Å². The molecular weight excluding hydrogens is 328 g/mol. The maximum Gasteiger partial charge on any atom is 0.0738 e. The van der Waals surface area contributed by atoms with Crippen LogP contribution in [-0.4, -0.2) is 15.8 Å². The van der Waals surface area contributed by atoms with Gasteiger partial charge in [-0.2, -0.15) is 5.10 Å². The van der Waals surface area contributed by atoms with Crippen LogP contribution in [0.25, 0.3) is 0 Å². The van der Waals surface area contributed by atoms with Crippen LogP contribution in [0, 0.1) is 13.8 Å². The minimum absolute atomic E-state index is 0.234. The fourth-order valence-electron chi connectivity index (χ4n) is 2.48. The highest BCUT2D eigenvalue weighted by atomic mass is 79.9. The van der Waals surface area contributed by atoms with Crippen LogP contribution >= 0.6 is 15.9 Å². The third kappa shape index (κ3) is 4.15. The Labute approximate surface area is 134 Å². The molecule has 0 spiro atoms. The van der Waals surface area contributed by atoms with Gasteiger partial charge in [0.05, 0.1) is 15.9 Å². The number of rotatable bonds is 6. The number of aryl methyl sites for hydroxylation is 4. The van der Waals surface area contributed by atoms with Crippen LogP contribution in [0.4, 0.5) is 0 Å². The summed E-state index contributed by atoms with van der Waals surface area (Å²) in [4.78, 5) is 0. The molecule has 0 aliphatic heterocycles. The van der Waals surface area contributed by atoms with E-state index >= 15 is 0 Å². The first kappa shape index (κ1) is 16.2. The third-order valence-corrected chi connectivity index (χ3v) is 4.87. The Hall–Kier alpha value is -1.17. The van der Waals surface area contributed by atoms with Crippen molar-refractivity contribution >= 4 is 15.9 Å². The van der Waals surface area contributed by atoms with Crippen molar-refractivity contribution in [3.05, 3.63) is 51.3 Å². The Morgan fingerprint density at radius 2 is 1.95 bits per heavy atom. The van der Waals surface area contributed by atoms with Gasteiger partial charge < -0.3 is 0 Å². The molecule has 0 aliphatic rings. The molecule has 1 heterocycles. The number of hydrazine groups is 1. The van der Waals surface area contributed by atoms with E-state index < -0.39 is 0 Å². The Balaban J connectivity index is 1.98. The molecule has 1 aromatic heterocycles. The quantitative estimate of drug-likeness (QED) is 0.622. The lowest BCUT2D eigenvalue weighted by atomic mass is 10.0. The molecule has 0 bridgehead atoms. The summed E-state index contributed by atoms with van der Waals surface area (Å²) < 4.78 is 3.01. The zero-order valence-electron chi connectivity index (χ0n) is 12.9. The van der Waals surface area contributed by atoms with Gasteiger partial charge in [-0.25, -0.2) is 0 Å². The normalized spacial score (nSPS) is 12.6. The molecule has 1 atom stereocenters. The molecule has 1 aromatic carbocycles. The van der Waals surface area contributed by atoms with Gasteiger partial charge >= 0.3 is 0 Å². The lowest BCUT2D eigenvalue weighted by molar-refractivity contribution is 0.477. The van der Waals surface area contributed by atoms with Crippen molar-refractivity contribution in [1.29, 1.82) is 0 Å². The van der Waals surface area contributed by atoms with Crippen molar-refractivity contribution in [2.75, 3.05) is 0 Å². The van der Waals surface area contributed by atoms with Gasteiger partial charge in [-0.15, -0.1) is 0 Å². The molecule has 0 fully saturated rings. The molecule has 114 valence electrons. The smallest absolute Gasteiger partial charge is 0.0738 e. The largest absolute Gasteiger partial charge is 0.271 e. The molecule has 1 unspecified atom stereocenters. The van der Waals surface area contributed by atoms with Gasteiger partial charge in [0.15, 0.2) is 0 Å². The number of hydrogen-bond acceptors (Lipinski definition) is 3. The van der Waals surface area contributed by atoms with E-state index in [4.69, 9.17) is 5.84 Å². The summed E-state index contributed by atoms with van der Waals surface area (Å²) in [7, 11) is 1.97. The number of nitrogens with two attached hydrogens (primary N) is 1. The van der Waals surface area contributed by atoms with E-state index in [2.05, 4.69) is 57.6 Å². The molecule has 0 amide bonds. The average Bonchev–Trinajstić information content (AvgIpc) is 2.71. The first-order valence-corrected chi connectivity index (χ1v) is 8.00. The second-order valence-electron chi connectivity index (χ2n) is 5.56. The fourth-order valence-corrected chi connectivity index (χ4v) is 2.97. The second kappa shape index (κ2) is 7.20. The van der Waals surface area contributed by atoms with Gasteiger partial charge in [-0.3, -0.25) is 16.0 Å². The van der Waals surface area contributed by atoms with Gasteiger partial charge in [0.2, 0.25) is 0 Å². The third-order valence-electron chi connectivity index (χ3n) is 3.84. The standard InChI is InChI=1S/C16H23BrN4/c1-11-4-6-13(7-5-11)8-9-14(19-18)10-15-16(17)12(2)20-21(15)3/h4-7,14,19H,8-10,18H2,1-3H3. The highest BCUT2D eigenvalue weighted by Crippen LogP contribution is 2.22. The van der Waals surface area contributed by atoms with E-state index in [1.165, 1.54) is 16.8 Å². The molecular formula is C16H23BrN4. The van der Waals surface area contributed by atoms with Crippen LogP contribution in [0.1, 0.15) is 28.9 Å². The number of hydrogen-bond donors (Lipinski definition) is 2. The van der Waals surface area contributed by atoms with Gasteiger partial charge in [0.1, 0.15) is 0 Å². The van der Waals surface area contributed by atoms with Gasteiger partial charge in [0, 0.05) is 19.5 Å². The molecule has 21 heavy (non-hydrogen) atoms. The lowest BCUT2D eigenvalue weighted by Crippen LogP contribution is -2.37. The first-order valence-electron chi connectivity index (χ1n) is 7.21. The van der Waals surface area contributed by atoms with Gasteiger partial charge in [-0.1, -0.05) is 29.8 Å². The van der Waals surface area contributed by atoms with Crippen LogP contribution in [0.5, 0.6) is 0 Å². The minimum Gasteiger partial charge on any atom is -0.271 e. The van der Waals surface area contributed by atoms with E-state index in [0.29, 0.717) is 0 Å². The summed E-state index contributed by atoms with van der Waals surface area (Å²) >= 11 is 3.61. The first-order chi connectivity index (χ1) is 10.0. The van der Waals surface area contributed by atoms with E-state index in [1.54, 1.807) is 0 Å². The monoisotopic (exact) mass is 350 g/mol. The van der Waals surface area contributed by atoms with E-state index in [9.17, 15) is 0 Å². The van der Waals surface area contributed by atoms with Crippen LogP contribution in [-0.2, 0) is 19.9 Å². The van der Waals surface area contributed by atoms with Crippen LogP contribution < -0.4 is 11.3 Å². The molecule has 0 radical (unpaired) electrons. The van der Waals surface area contributed by atoms with Crippen LogP contribution in [0.2, 0.25) is 0 Å². The fraction of sp³-hybridized carbons (Fsp3) is 0.438. The maximum atomic E-state index is 5.72. The van der Waals surface area contributed by atoms with Crippen molar-refractivity contribution in [2.24, 2.45) is 12.9 Å². The summed E-state index contributed by atoms with van der Waals surface area (Å²) in [5.74, 6) is 5.72. The highest BCUT2D eigenvalue weighted by molar-refractivity contribution is 9.10. The van der Waals surface area contributed by atoms with E-state index in [0.717, 1.165) is 29.4 Å². The maximum absolute atomic E-state index is 5.72. The number of aromatic nitrogens is 2. The molecule has 0 aliphatic carbocycles. The van der Waals surface area contributed by atoms with Crippen molar-refractivity contribution in [3.8, 4) is 0 Å². The Kier molecular flexibility index (Phi) is 5.56. The predicted octanol–water partition coefficient (Wildman–Crippen LogP) is 2.81. The van der Waals surface area contributed by atoms with Gasteiger partial charge in [-0.05, 0) is 48.2 Å². The molecule has 4 nitrogen and oxygen atoms in total. The summed E-state index contributed by atoms with van der Waals surface area (Å²) in [6, 6.07) is 8.92. The summed E-state index contributed by atoms with van der Waals surface area (Å²) in [5, 5.41) is 4.43. The molecule has 0 saturated heterocycles. The average molecular weight is 351 g/mol. The number of halogens is 1. The second-order valence-corrected chi connectivity index (χ2v) is 6.35. The molecule has 2 aromatic rings. The Morgan fingerprint density at radius 1 is 1.29 bits per heavy atom. The van der Waals surface area contributed by atoms with Crippen molar-refractivity contribution in [2.45, 2.75) is 39.2 Å². The summed E-state index contributed by atoms with van der Waals surface area (Å²) in [5.41, 5.74) is 7.77. The van der Waals surface area contributed by atoms with Crippen LogP contribution in [0.15, 0.2) is 28.7 Å². The summed E-state index contributed by atoms with van der Waals surface area (Å²) in [6.45, 7) is 4.11. The van der Waals surface area contributed by atoms with Gasteiger partial charge in [0.25, 0.3) is 0 Å². The number of nitrogens with one attached hydrogen (secondary N) is 1. The number of benzene rings is 1. The highest BCUT2D eigenvalue weighted by Gasteiger charge is 2.16. The zero-order chi connectivity index (χ0) is 15.4. The Morgan fingerprint density at radius 3 is 2.48 bits per heavy atom. The molecule has 5 heteroatoms. The lowest BCUT2D eigenvalue weighted by Gasteiger charge is -2.16. The molecule has 2 rings (SSSR count). The van der Waals surface area contributed by atoms with E-state index in [-0.39, 0.29) is 6.04 Å². The molecule has 3 N–H and O–H groups in total. The molecule has 0 saturated carbocycles. The zero-order valence-corrected chi connectivity index (χ0v) is 14.4. The Bertz CT molecular complexity index is 589. The van der Waals surface area contributed by atoms with Crippen molar-refractivity contribution in [3.63, 3.8) is 0 Å². The minimum atomic E-state index is 0.234. The van der Waals surface area contributed by atoms with Crippen molar-refractivity contribution in [1.82, 2.24) is 15.2 Å². The number of nitrogens with zero attached hydrogens (tertiary/aromatic N) is 2.